The molecule has 2 aromatic rings. The van der Waals surface area contributed by atoms with Gasteiger partial charge in [-0.3, -0.25) is 9.59 Å². The predicted octanol–water partition coefficient (Wildman–Crippen LogP) is 6.57. The van der Waals surface area contributed by atoms with Crippen molar-refractivity contribution in [2.45, 2.75) is 71.8 Å². The lowest BCUT2D eigenvalue weighted by Gasteiger charge is -2.31. The van der Waals surface area contributed by atoms with Gasteiger partial charge in [0.25, 0.3) is 0 Å². The molecule has 0 unspecified atom stereocenters. The smallest absolute Gasteiger partial charge is 0.243 e. The van der Waals surface area contributed by atoms with Crippen molar-refractivity contribution in [1.29, 1.82) is 0 Å². The maximum absolute atomic E-state index is 13.4. The molecule has 2 rings (SSSR count). The number of hydrogen-bond acceptors (Lipinski definition) is 3. The zero-order valence-corrected chi connectivity index (χ0v) is 22.4. The molecule has 33 heavy (non-hydrogen) atoms. The molecule has 0 aliphatic heterocycles. The Morgan fingerprint density at radius 3 is 2.27 bits per heavy atom. The molecule has 2 atom stereocenters. The van der Waals surface area contributed by atoms with Crippen LogP contribution in [-0.2, 0) is 21.9 Å². The molecule has 0 bridgehead atoms. The number of nitrogens with one attached hydrogen (secondary N) is 1. The van der Waals surface area contributed by atoms with Crippen molar-refractivity contribution in [3.05, 3.63) is 68.7 Å². The molecule has 1 N–H and O–H groups in total. The summed E-state index contributed by atoms with van der Waals surface area (Å²) in [6.45, 7) is 10.3. The second-order valence-electron chi connectivity index (χ2n) is 8.49. The molecule has 0 spiro atoms. The summed E-state index contributed by atoms with van der Waals surface area (Å²) in [5.74, 6) is 0.802. The van der Waals surface area contributed by atoms with Gasteiger partial charge in [0.2, 0.25) is 11.8 Å². The highest BCUT2D eigenvalue weighted by atomic mass is 35.5. The van der Waals surface area contributed by atoms with Gasteiger partial charge in [-0.25, -0.2) is 0 Å². The van der Waals surface area contributed by atoms with Gasteiger partial charge in [-0.2, -0.15) is 0 Å². The minimum atomic E-state index is -0.569. The molecule has 0 aromatic heterocycles. The maximum atomic E-state index is 13.4. The van der Waals surface area contributed by atoms with Gasteiger partial charge >= 0.3 is 0 Å². The first-order valence-electron chi connectivity index (χ1n) is 11.3. The van der Waals surface area contributed by atoms with Crippen LogP contribution >= 0.6 is 35.0 Å². The molecule has 2 amide bonds. The predicted molar refractivity (Wildman–Crippen MR) is 141 cm³/mol. The molecular formula is C26H34Cl2N2O2S. The van der Waals surface area contributed by atoms with E-state index in [9.17, 15) is 9.59 Å². The van der Waals surface area contributed by atoms with E-state index in [0.29, 0.717) is 16.5 Å². The second-order valence-corrected chi connectivity index (χ2v) is 10.3. The summed E-state index contributed by atoms with van der Waals surface area (Å²) >= 11 is 14.0. The van der Waals surface area contributed by atoms with Crippen LogP contribution in [0.4, 0.5) is 0 Å². The second kappa shape index (κ2) is 13.3. The number of nitrogens with zero attached hydrogens (tertiary/aromatic N) is 1. The van der Waals surface area contributed by atoms with Crippen LogP contribution in [0.5, 0.6) is 0 Å². The lowest BCUT2D eigenvalue weighted by molar-refractivity contribution is -0.139. The summed E-state index contributed by atoms with van der Waals surface area (Å²) in [7, 11) is 0. The van der Waals surface area contributed by atoms with Crippen LogP contribution in [0.25, 0.3) is 0 Å². The Hall–Kier alpha value is -1.69. The zero-order chi connectivity index (χ0) is 24.5. The number of benzene rings is 2. The first-order chi connectivity index (χ1) is 15.6. The number of halogens is 2. The zero-order valence-electron chi connectivity index (χ0n) is 20.1. The molecule has 0 aliphatic carbocycles. The van der Waals surface area contributed by atoms with E-state index in [1.807, 2.05) is 26.8 Å². The summed E-state index contributed by atoms with van der Waals surface area (Å²) in [6.07, 6.45) is 1.34. The Bertz CT molecular complexity index is 947. The van der Waals surface area contributed by atoms with E-state index in [1.54, 1.807) is 28.8 Å². The number of aryl methyl sites for hydroxylation is 2. The van der Waals surface area contributed by atoms with Gasteiger partial charge in [0, 0.05) is 28.4 Å². The Morgan fingerprint density at radius 1 is 1.03 bits per heavy atom. The van der Waals surface area contributed by atoms with E-state index >= 15 is 0 Å². The lowest BCUT2D eigenvalue weighted by Crippen LogP contribution is -2.51. The third-order valence-corrected chi connectivity index (χ3v) is 7.09. The summed E-state index contributed by atoms with van der Waals surface area (Å²) < 4.78 is 0. The van der Waals surface area contributed by atoms with E-state index in [-0.39, 0.29) is 30.2 Å². The molecule has 0 radical (unpaired) electrons. The van der Waals surface area contributed by atoms with Crippen LogP contribution in [0.3, 0.4) is 0 Å². The standard InChI is InChI=1S/C26H34Cl2N2O2S/c1-6-19(5)29-26(32)24(7-2)30(14-21-8-9-22(27)13-23(21)28)25(31)16-33-15-20-11-17(3)10-18(4)12-20/h8-13,19,24H,6-7,14-16H2,1-5H3,(H,29,32)/t19-,24+/m0/s1. The number of carbonyl (C=O) groups excluding carboxylic acids is 2. The quantitative estimate of drug-likeness (QED) is 0.373. The van der Waals surface area contributed by atoms with Gasteiger partial charge in [-0.1, -0.05) is 72.4 Å². The van der Waals surface area contributed by atoms with Gasteiger partial charge in [0.1, 0.15) is 6.04 Å². The average Bonchev–Trinajstić information content (AvgIpc) is 2.74. The third kappa shape index (κ3) is 8.55. The van der Waals surface area contributed by atoms with Gasteiger partial charge in [-0.05, 0) is 56.9 Å². The first-order valence-corrected chi connectivity index (χ1v) is 13.2. The summed E-state index contributed by atoms with van der Waals surface area (Å²) in [6, 6.07) is 11.1. The van der Waals surface area contributed by atoms with Crippen LogP contribution in [-0.4, -0.2) is 34.6 Å². The summed E-state index contributed by atoms with van der Waals surface area (Å²) in [4.78, 5) is 28.0. The molecular weight excluding hydrogens is 475 g/mol. The average molecular weight is 510 g/mol. The van der Waals surface area contributed by atoms with Crippen molar-refractivity contribution < 1.29 is 9.59 Å². The monoisotopic (exact) mass is 508 g/mol. The fourth-order valence-corrected chi connectivity index (χ4v) is 5.00. The molecule has 2 aromatic carbocycles. The first kappa shape index (κ1) is 27.6. The molecule has 0 heterocycles. The fraction of sp³-hybridized carbons (Fsp3) is 0.462. The minimum absolute atomic E-state index is 0.0431. The van der Waals surface area contributed by atoms with Crippen molar-refractivity contribution in [3.8, 4) is 0 Å². The SMILES string of the molecule is CC[C@H](C(=O)N[C@@H](C)CC)N(Cc1ccc(Cl)cc1Cl)C(=O)CSCc1cc(C)cc(C)c1. The van der Waals surface area contributed by atoms with E-state index < -0.39 is 6.04 Å². The normalized spacial score (nSPS) is 12.8. The minimum Gasteiger partial charge on any atom is -0.352 e. The Kier molecular flexibility index (Phi) is 11.1. The van der Waals surface area contributed by atoms with Crippen LogP contribution < -0.4 is 5.32 Å². The van der Waals surface area contributed by atoms with E-state index in [0.717, 1.165) is 17.7 Å². The number of hydrogen-bond donors (Lipinski definition) is 1. The summed E-state index contributed by atoms with van der Waals surface area (Å²) in [5, 5.41) is 4.05. The van der Waals surface area contributed by atoms with Crippen molar-refractivity contribution in [1.82, 2.24) is 10.2 Å². The van der Waals surface area contributed by atoms with Crippen LogP contribution in [0.15, 0.2) is 36.4 Å². The lowest BCUT2D eigenvalue weighted by atomic mass is 10.1. The maximum Gasteiger partial charge on any atom is 0.243 e. The van der Waals surface area contributed by atoms with Crippen LogP contribution in [0, 0.1) is 13.8 Å². The summed E-state index contributed by atoms with van der Waals surface area (Å²) in [5.41, 5.74) is 4.38. The molecule has 0 saturated heterocycles. The molecule has 0 fully saturated rings. The van der Waals surface area contributed by atoms with Gasteiger partial charge in [-0.15, -0.1) is 11.8 Å². The number of thioether (sulfide) groups is 1. The fourth-order valence-electron chi connectivity index (χ4n) is 3.69. The topological polar surface area (TPSA) is 49.4 Å². The largest absolute Gasteiger partial charge is 0.352 e. The third-order valence-electron chi connectivity index (χ3n) is 5.52. The van der Waals surface area contributed by atoms with E-state index in [2.05, 4.69) is 37.4 Å². The highest BCUT2D eigenvalue weighted by molar-refractivity contribution is 7.99. The Labute approximate surface area is 212 Å². The van der Waals surface area contributed by atoms with E-state index in [1.165, 1.54) is 16.7 Å². The highest BCUT2D eigenvalue weighted by Crippen LogP contribution is 2.25. The van der Waals surface area contributed by atoms with Crippen molar-refractivity contribution >= 4 is 46.8 Å². The van der Waals surface area contributed by atoms with Gasteiger partial charge < -0.3 is 10.2 Å². The molecule has 0 aliphatic rings. The van der Waals surface area contributed by atoms with Crippen LogP contribution in [0.1, 0.15) is 55.9 Å². The number of amides is 2. The van der Waals surface area contributed by atoms with Crippen molar-refractivity contribution in [2.75, 3.05) is 5.75 Å². The van der Waals surface area contributed by atoms with Crippen LogP contribution in [0.2, 0.25) is 10.0 Å². The Morgan fingerprint density at radius 2 is 1.70 bits per heavy atom. The molecule has 180 valence electrons. The molecule has 4 nitrogen and oxygen atoms in total. The van der Waals surface area contributed by atoms with Crippen molar-refractivity contribution in [2.24, 2.45) is 0 Å². The Balaban J connectivity index is 2.20. The van der Waals surface area contributed by atoms with Gasteiger partial charge in [0.15, 0.2) is 0 Å². The van der Waals surface area contributed by atoms with Gasteiger partial charge in [0.05, 0.1) is 5.75 Å². The highest BCUT2D eigenvalue weighted by Gasteiger charge is 2.29. The molecule has 0 saturated carbocycles. The number of carbonyl (C=O) groups is 2. The van der Waals surface area contributed by atoms with E-state index in [4.69, 9.17) is 23.2 Å². The molecule has 7 heteroatoms. The van der Waals surface area contributed by atoms with Crippen molar-refractivity contribution in [3.63, 3.8) is 0 Å². The number of rotatable bonds is 11.